The van der Waals surface area contributed by atoms with E-state index < -0.39 is 0 Å². The zero-order chi connectivity index (χ0) is 21.3. The molecule has 0 bridgehead atoms. The second-order valence-corrected chi connectivity index (χ2v) is 7.75. The number of hydrogen-bond donors (Lipinski definition) is 3. The molecule has 31 heavy (non-hydrogen) atoms. The van der Waals surface area contributed by atoms with E-state index in [9.17, 15) is 4.79 Å². The molecule has 3 rings (SSSR count). The van der Waals surface area contributed by atoms with Gasteiger partial charge in [-0.05, 0) is 48.2 Å². The molecule has 0 saturated heterocycles. The summed E-state index contributed by atoms with van der Waals surface area (Å²) >= 11 is 0. The largest absolute Gasteiger partial charge is 0.493 e. The van der Waals surface area contributed by atoms with Crippen LogP contribution in [0.25, 0.3) is 0 Å². The van der Waals surface area contributed by atoms with E-state index in [-0.39, 0.29) is 35.8 Å². The summed E-state index contributed by atoms with van der Waals surface area (Å²) < 4.78 is 5.57. The zero-order valence-electron chi connectivity index (χ0n) is 18.5. The van der Waals surface area contributed by atoms with Gasteiger partial charge in [-0.1, -0.05) is 38.1 Å². The van der Waals surface area contributed by atoms with E-state index in [4.69, 9.17) is 4.74 Å². The SMILES string of the molecule is CCNC(=NCc1ccc(NC(=O)C(C)C)cc1)NCCc1ccc2c(c1)CCO2.I. The Morgan fingerprint density at radius 2 is 1.84 bits per heavy atom. The average Bonchev–Trinajstić information content (AvgIpc) is 3.21. The molecule has 0 fully saturated rings. The van der Waals surface area contributed by atoms with E-state index in [1.165, 1.54) is 11.1 Å². The lowest BCUT2D eigenvalue weighted by Gasteiger charge is -2.12. The Kier molecular flexibility index (Phi) is 10.1. The van der Waals surface area contributed by atoms with E-state index in [0.29, 0.717) is 6.54 Å². The van der Waals surface area contributed by atoms with Crippen LogP contribution < -0.4 is 20.7 Å². The van der Waals surface area contributed by atoms with Crippen molar-refractivity contribution in [3.63, 3.8) is 0 Å². The van der Waals surface area contributed by atoms with Gasteiger partial charge in [-0.3, -0.25) is 4.79 Å². The van der Waals surface area contributed by atoms with Crippen LogP contribution in [-0.2, 0) is 24.2 Å². The molecule has 0 radical (unpaired) electrons. The highest BCUT2D eigenvalue weighted by Crippen LogP contribution is 2.25. The maximum Gasteiger partial charge on any atom is 0.226 e. The fourth-order valence-corrected chi connectivity index (χ4v) is 3.21. The Labute approximate surface area is 202 Å². The Bertz CT molecular complexity index is 882. The van der Waals surface area contributed by atoms with E-state index in [1.54, 1.807) is 0 Å². The molecule has 168 valence electrons. The number of halogens is 1. The average molecular weight is 536 g/mol. The third kappa shape index (κ3) is 7.72. The van der Waals surface area contributed by atoms with Crippen LogP contribution in [0.4, 0.5) is 5.69 Å². The smallest absolute Gasteiger partial charge is 0.226 e. The van der Waals surface area contributed by atoms with Crippen molar-refractivity contribution in [1.29, 1.82) is 0 Å². The van der Waals surface area contributed by atoms with Crippen LogP contribution in [0.5, 0.6) is 5.75 Å². The Balaban J connectivity index is 0.00000341. The second kappa shape index (κ2) is 12.5. The lowest BCUT2D eigenvalue weighted by molar-refractivity contribution is -0.118. The monoisotopic (exact) mass is 536 g/mol. The van der Waals surface area contributed by atoms with Gasteiger partial charge in [0.2, 0.25) is 5.91 Å². The number of amides is 1. The summed E-state index contributed by atoms with van der Waals surface area (Å²) in [7, 11) is 0. The highest BCUT2D eigenvalue weighted by Gasteiger charge is 2.12. The van der Waals surface area contributed by atoms with E-state index in [2.05, 4.69) is 46.1 Å². The number of benzene rings is 2. The summed E-state index contributed by atoms with van der Waals surface area (Å²) in [5.74, 6) is 1.82. The molecule has 1 heterocycles. The highest BCUT2D eigenvalue weighted by molar-refractivity contribution is 14.0. The molecule has 1 aliphatic rings. The first-order valence-corrected chi connectivity index (χ1v) is 10.7. The first-order chi connectivity index (χ1) is 14.5. The predicted octanol–water partition coefficient (Wildman–Crippen LogP) is 4.13. The number of aliphatic imine (C=N–C) groups is 1. The van der Waals surface area contributed by atoms with Gasteiger partial charge in [0.05, 0.1) is 13.2 Å². The molecule has 1 aliphatic heterocycles. The summed E-state index contributed by atoms with van der Waals surface area (Å²) in [6, 6.07) is 14.3. The molecule has 0 unspecified atom stereocenters. The number of fused-ring (bicyclic) bond motifs is 1. The van der Waals surface area contributed by atoms with Crippen molar-refractivity contribution >= 4 is 41.5 Å². The second-order valence-electron chi connectivity index (χ2n) is 7.75. The quantitative estimate of drug-likeness (QED) is 0.270. The van der Waals surface area contributed by atoms with Gasteiger partial charge in [0.15, 0.2) is 5.96 Å². The minimum atomic E-state index is -0.0341. The van der Waals surface area contributed by atoms with Crippen LogP contribution in [0.1, 0.15) is 37.5 Å². The number of ether oxygens (including phenoxy) is 1. The Morgan fingerprint density at radius 3 is 2.55 bits per heavy atom. The van der Waals surface area contributed by atoms with Crippen LogP contribution in [-0.4, -0.2) is 31.6 Å². The molecule has 2 aromatic carbocycles. The van der Waals surface area contributed by atoms with Gasteiger partial charge in [0, 0.05) is 31.1 Å². The van der Waals surface area contributed by atoms with Crippen LogP contribution in [0.2, 0.25) is 0 Å². The molecule has 0 spiro atoms. The van der Waals surface area contributed by atoms with Gasteiger partial charge >= 0.3 is 0 Å². The van der Waals surface area contributed by atoms with Crippen molar-refractivity contribution in [3.05, 3.63) is 59.2 Å². The number of hydrogen-bond acceptors (Lipinski definition) is 3. The molecule has 0 aliphatic carbocycles. The molecular weight excluding hydrogens is 503 g/mol. The van der Waals surface area contributed by atoms with Crippen molar-refractivity contribution in [2.45, 2.75) is 40.2 Å². The van der Waals surface area contributed by atoms with E-state index >= 15 is 0 Å². The number of rotatable bonds is 8. The maximum atomic E-state index is 11.8. The number of nitrogens with one attached hydrogen (secondary N) is 3. The predicted molar refractivity (Wildman–Crippen MR) is 137 cm³/mol. The minimum Gasteiger partial charge on any atom is -0.493 e. The van der Waals surface area contributed by atoms with Crippen molar-refractivity contribution in [1.82, 2.24) is 10.6 Å². The molecule has 6 nitrogen and oxygen atoms in total. The van der Waals surface area contributed by atoms with Crippen LogP contribution >= 0.6 is 24.0 Å². The Hall–Kier alpha value is -2.29. The molecule has 0 saturated carbocycles. The first-order valence-electron chi connectivity index (χ1n) is 10.7. The van der Waals surface area contributed by atoms with Gasteiger partial charge in [-0.2, -0.15) is 0 Å². The molecule has 3 N–H and O–H groups in total. The topological polar surface area (TPSA) is 74.8 Å². The fraction of sp³-hybridized carbons (Fsp3) is 0.417. The lowest BCUT2D eigenvalue weighted by atomic mass is 10.1. The molecule has 2 aromatic rings. The summed E-state index contributed by atoms with van der Waals surface area (Å²) in [5, 5.41) is 9.61. The van der Waals surface area contributed by atoms with Gasteiger partial charge < -0.3 is 20.7 Å². The molecule has 0 aromatic heterocycles. The third-order valence-corrected chi connectivity index (χ3v) is 4.97. The summed E-state index contributed by atoms with van der Waals surface area (Å²) in [4.78, 5) is 16.5. The van der Waals surface area contributed by atoms with Crippen LogP contribution in [0.3, 0.4) is 0 Å². The number of carbonyl (C=O) groups excluding carboxylic acids is 1. The van der Waals surface area contributed by atoms with Crippen LogP contribution in [0, 0.1) is 5.92 Å². The summed E-state index contributed by atoms with van der Waals surface area (Å²) in [5.41, 5.74) is 4.52. The molecular formula is C24H33IN4O2. The third-order valence-electron chi connectivity index (χ3n) is 4.97. The van der Waals surface area contributed by atoms with E-state index in [0.717, 1.165) is 55.5 Å². The van der Waals surface area contributed by atoms with E-state index in [1.807, 2.05) is 38.1 Å². The van der Waals surface area contributed by atoms with Gasteiger partial charge in [0.1, 0.15) is 5.75 Å². The zero-order valence-corrected chi connectivity index (χ0v) is 20.9. The van der Waals surface area contributed by atoms with Crippen molar-refractivity contribution in [2.75, 3.05) is 25.0 Å². The van der Waals surface area contributed by atoms with Crippen molar-refractivity contribution < 1.29 is 9.53 Å². The Morgan fingerprint density at radius 1 is 1.10 bits per heavy atom. The maximum absolute atomic E-state index is 11.8. The fourth-order valence-electron chi connectivity index (χ4n) is 3.21. The first kappa shape index (κ1) is 25.0. The summed E-state index contributed by atoms with van der Waals surface area (Å²) in [6.45, 7) is 8.81. The standard InChI is InChI=1S/C24H32N4O2.HI/c1-4-25-24(26-13-11-18-7-10-22-20(15-18)12-14-30-22)27-16-19-5-8-21(9-6-19)28-23(29)17(2)3;/h5-10,15,17H,4,11-14,16H2,1-3H3,(H,28,29)(H2,25,26,27);1H. The van der Waals surface area contributed by atoms with Gasteiger partial charge in [0.25, 0.3) is 0 Å². The summed E-state index contributed by atoms with van der Waals surface area (Å²) in [6.07, 6.45) is 1.93. The molecule has 1 amide bonds. The van der Waals surface area contributed by atoms with Crippen molar-refractivity contribution in [3.8, 4) is 5.75 Å². The normalized spacial score (nSPS) is 12.6. The minimum absolute atomic E-state index is 0. The molecule has 7 heteroatoms. The highest BCUT2D eigenvalue weighted by atomic mass is 127. The number of carbonyl (C=O) groups is 1. The number of anilines is 1. The van der Waals surface area contributed by atoms with Gasteiger partial charge in [-0.15, -0.1) is 24.0 Å². The molecule has 0 atom stereocenters. The van der Waals surface area contributed by atoms with Gasteiger partial charge in [-0.25, -0.2) is 4.99 Å². The number of nitrogens with zero attached hydrogens (tertiary/aromatic N) is 1. The lowest BCUT2D eigenvalue weighted by Crippen LogP contribution is -2.38. The van der Waals surface area contributed by atoms with Crippen molar-refractivity contribution in [2.24, 2.45) is 10.9 Å². The number of guanidine groups is 1. The van der Waals surface area contributed by atoms with Crippen LogP contribution in [0.15, 0.2) is 47.5 Å².